The van der Waals surface area contributed by atoms with Crippen LogP contribution in [0.25, 0.3) is 0 Å². The van der Waals surface area contributed by atoms with E-state index in [0.29, 0.717) is 0 Å². The Morgan fingerprint density at radius 1 is 1.30 bits per heavy atom. The number of hydrogen-bond acceptors (Lipinski definition) is 1. The summed E-state index contributed by atoms with van der Waals surface area (Å²) in [5, 5.41) is 0. The third-order valence-electron chi connectivity index (χ3n) is 1.24. The number of nitrogens with zero attached hydrogens (tertiary/aromatic N) is 1. The second-order valence-electron chi connectivity index (χ2n) is 2.24. The smallest absolute Gasteiger partial charge is 0.283 e. The lowest BCUT2D eigenvalue weighted by Gasteiger charge is -2.17. The van der Waals surface area contributed by atoms with Gasteiger partial charge in [-0.05, 0) is 12.8 Å². The zero-order valence-electron chi connectivity index (χ0n) is 6.56. The molecule has 0 radical (unpaired) electrons. The van der Waals surface area contributed by atoms with E-state index in [0.717, 1.165) is 25.9 Å². The van der Waals surface area contributed by atoms with E-state index in [2.05, 4.69) is 13.8 Å². The molecule has 0 N–H and O–H groups in total. The second-order valence-corrected chi connectivity index (χ2v) is 3.16. The fraction of sp³-hybridized carbons (Fsp3) is 0.857. The Kier molecular flexibility index (Phi) is 6.06. The molecule has 0 heterocycles. The predicted molar refractivity (Wildman–Crippen MR) is 51.6 cm³/mol. The molecule has 0 aliphatic rings. The molecule has 0 saturated heterocycles. The lowest BCUT2D eigenvalue weighted by Crippen LogP contribution is -2.27. The van der Waals surface area contributed by atoms with Crippen LogP contribution in [0.2, 0.25) is 0 Å². The number of amides is 1. The van der Waals surface area contributed by atoms with Crippen molar-refractivity contribution in [3.63, 3.8) is 0 Å². The standard InChI is InChI=1S/C7H14INO/c1-3-5-9(6-4-2)7(8)10/h3-6H2,1-2H3. The van der Waals surface area contributed by atoms with Crippen LogP contribution in [0, 0.1) is 0 Å². The van der Waals surface area contributed by atoms with Gasteiger partial charge in [0.2, 0.25) is 0 Å². The Hall–Kier alpha value is 0.200. The molecule has 0 unspecified atom stereocenters. The van der Waals surface area contributed by atoms with E-state index in [1.807, 2.05) is 27.5 Å². The molecule has 0 aliphatic heterocycles. The number of halogens is 1. The van der Waals surface area contributed by atoms with Crippen molar-refractivity contribution >= 4 is 26.5 Å². The topological polar surface area (TPSA) is 20.3 Å². The molecule has 0 aromatic heterocycles. The van der Waals surface area contributed by atoms with Gasteiger partial charge in [-0.15, -0.1) is 0 Å². The van der Waals surface area contributed by atoms with E-state index in [-0.39, 0.29) is 3.91 Å². The van der Waals surface area contributed by atoms with Gasteiger partial charge in [0.25, 0.3) is 3.91 Å². The Labute approximate surface area is 76.1 Å². The highest BCUT2D eigenvalue weighted by molar-refractivity contribution is 14.1. The molecule has 60 valence electrons. The van der Waals surface area contributed by atoms with Crippen molar-refractivity contribution in [3.8, 4) is 0 Å². The van der Waals surface area contributed by atoms with Gasteiger partial charge in [-0.1, -0.05) is 13.8 Å². The number of carbonyl (C=O) groups excluding carboxylic acids is 1. The van der Waals surface area contributed by atoms with Gasteiger partial charge in [0, 0.05) is 35.7 Å². The summed E-state index contributed by atoms with van der Waals surface area (Å²) in [6.45, 7) is 5.97. The van der Waals surface area contributed by atoms with Crippen LogP contribution in [-0.4, -0.2) is 21.9 Å². The lowest BCUT2D eigenvalue weighted by molar-refractivity contribution is 0.226. The summed E-state index contributed by atoms with van der Waals surface area (Å²) in [7, 11) is 0. The molecule has 0 aliphatic carbocycles. The van der Waals surface area contributed by atoms with E-state index in [1.165, 1.54) is 0 Å². The van der Waals surface area contributed by atoms with Crippen LogP contribution in [0.15, 0.2) is 0 Å². The van der Waals surface area contributed by atoms with Crippen LogP contribution in [0.5, 0.6) is 0 Å². The quantitative estimate of drug-likeness (QED) is 0.429. The first-order chi connectivity index (χ1) is 4.72. The number of rotatable bonds is 4. The van der Waals surface area contributed by atoms with Crippen molar-refractivity contribution in [1.82, 2.24) is 4.90 Å². The lowest BCUT2D eigenvalue weighted by atomic mass is 10.4. The molecule has 0 aromatic carbocycles. The zero-order valence-corrected chi connectivity index (χ0v) is 8.72. The Bertz CT molecular complexity index is 99.8. The highest BCUT2D eigenvalue weighted by atomic mass is 127. The molecule has 0 rings (SSSR count). The summed E-state index contributed by atoms with van der Waals surface area (Å²) in [6, 6.07) is 0. The largest absolute Gasteiger partial charge is 0.334 e. The van der Waals surface area contributed by atoms with Gasteiger partial charge < -0.3 is 4.90 Å². The molecule has 0 fully saturated rings. The minimum Gasteiger partial charge on any atom is -0.334 e. The molecular weight excluding hydrogens is 241 g/mol. The minimum atomic E-state index is 0.168. The Morgan fingerprint density at radius 2 is 1.70 bits per heavy atom. The summed E-state index contributed by atoms with van der Waals surface area (Å²) in [4.78, 5) is 12.7. The molecule has 1 amide bonds. The van der Waals surface area contributed by atoms with Crippen LogP contribution < -0.4 is 0 Å². The van der Waals surface area contributed by atoms with Crippen LogP contribution >= 0.6 is 22.6 Å². The monoisotopic (exact) mass is 255 g/mol. The van der Waals surface area contributed by atoms with Crippen molar-refractivity contribution in [1.29, 1.82) is 0 Å². The molecule has 0 bridgehead atoms. The van der Waals surface area contributed by atoms with Crippen LogP contribution in [0.1, 0.15) is 26.7 Å². The summed E-state index contributed by atoms with van der Waals surface area (Å²) >= 11 is 1.84. The first-order valence-corrected chi connectivity index (χ1v) is 4.74. The zero-order chi connectivity index (χ0) is 7.98. The van der Waals surface area contributed by atoms with Crippen molar-refractivity contribution in [3.05, 3.63) is 0 Å². The maximum absolute atomic E-state index is 10.8. The van der Waals surface area contributed by atoms with Gasteiger partial charge in [0.1, 0.15) is 0 Å². The SMILES string of the molecule is CCCN(CCC)C(=O)I. The summed E-state index contributed by atoms with van der Waals surface area (Å²) in [5.74, 6) is 0. The van der Waals surface area contributed by atoms with E-state index < -0.39 is 0 Å². The van der Waals surface area contributed by atoms with Gasteiger partial charge in [-0.2, -0.15) is 0 Å². The normalized spacial score (nSPS) is 9.50. The molecule has 0 saturated carbocycles. The van der Waals surface area contributed by atoms with Gasteiger partial charge in [-0.3, -0.25) is 4.79 Å². The average Bonchev–Trinajstić information content (AvgIpc) is 1.87. The van der Waals surface area contributed by atoms with Crippen molar-refractivity contribution in [2.75, 3.05) is 13.1 Å². The maximum atomic E-state index is 10.8. The van der Waals surface area contributed by atoms with Gasteiger partial charge >= 0.3 is 0 Å². The fourth-order valence-electron chi connectivity index (χ4n) is 0.827. The number of carbonyl (C=O) groups is 1. The van der Waals surface area contributed by atoms with Crippen molar-refractivity contribution < 1.29 is 4.79 Å². The van der Waals surface area contributed by atoms with Gasteiger partial charge in [-0.25, -0.2) is 0 Å². The minimum absolute atomic E-state index is 0.168. The van der Waals surface area contributed by atoms with E-state index in [9.17, 15) is 4.79 Å². The van der Waals surface area contributed by atoms with Crippen molar-refractivity contribution in [2.45, 2.75) is 26.7 Å². The third kappa shape index (κ3) is 4.09. The number of hydrogen-bond donors (Lipinski definition) is 0. The maximum Gasteiger partial charge on any atom is 0.283 e. The van der Waals surface area contributed by atoms with E-state index >= 15 is 0 Å². The van der Waals surface area contributed by atoms with Gasteiger partial charge in [0.15, 0.2) is 0 Å². The second kappa shape index (κ2) is 5.95. The molecule has 2 nitrogen and oxygen atoms in total. The van der Waals surface area contributed by atoms with E-state index in [1.54, 1.807) is 0 Å². The third-order valence-corrected chi connectivity index (χ3v) is 1.92. The first-order valence-electron chi connectivity index (χ1n) is 3.66. The highest BCUT2D eigenvalue weighted by Gasteiger charge is 2.05. The summed E-state index contributed by atoms with van der Waals surface area (Å²) in [6.07, 6.45) is 2.10. The van der Waals surface area contributed by atoms with Crippen LogP contribution in [0.3, 0.4) is 0 Å². The van der Waals surface area contributed by atoms with Crippen LogP contribution in [0.4, 0.5) is 4.79 Å². The molecule has 0 atom stereocenters. The molecule has 3 heteroatoms. The van der Waals surface area contributed by atoms with Gasteiger partial charge in [0.05, 0.1) is 0 Å². The van der Waals surface area contributed by atoms with Crippen LogP contribution in [-0.2, 0) is 0 Å². The van der Waals surface area contributed by atoms with E-state index in [4.69, 9.17) is 0 Å². The highest BCUT2D eigenvalue weighted by Crippen LogP contribution is 2.01. The fourth-order valence-corrected chi connectivity index (χ4v) is 1.31. The first kappa shape index (κ1) is 10.2. The Balaban J connectivity index is 3.61. The summed E-state index contributed by atoms with van der Waals surface area (Å²) in [5.41, 5.74) is 0. The average molecular weight is 255 g/mol. The molecular formula is C7H14INO. The Morgan fingerprint density at radius 3 is 1.90 bits per heavy atom. The molecule has 0 aromatic rings. The molecule has 0 spiro atoms. The summed E-state index contributed by atoms with van der Waals surface area (Å²) < 4.78 is 0.168. The molecule has 10 heavy (non-hydrogen) atoms. The van der Waals surface area contributed by atoms with Crippen molar-refractivity contribution in [2.24, 2.45) is 0 Å². The predicted octanol–water partition coefficient (Wildman–Crippen LogP) is 2.66.